The van der Waals surface area contributed by atoms with Crippen LogP contribution in [0.5, 0.6) is 5.75 Å². The van der Waals surface area contributed by atoms with Crippen molar-refractivity contribution in [3.05, 3.63) is 24.3 Å². The van der Waals surface area contributed by atoms with Crippen LogP contribution in [0, 0.1) is 5.92 Å². The van der Waals surface area contributed by atoms with E-state index in [-0.39, 0.29) is 11.9 Å². The summed E-state index contributed by atoms with van der Waals surface area (Å²) in [7, 11) is 1.67. The lowest BCUT2D eigenvalue weighted by Crippen LogP contribution is -2.53. The highest BCUT2D eigenvalue weighted by atomic mass is 16.5. The van der Waals surface area contributed by atoms with Crippen LogP contribution >= 0.6 is 0 Å². The average molecular weight is 305 g/mol. The highest BCUT2D eigenvalue weighted by Gasteiger charge is 2.25. The van der Waals surface area contributed by atoms with E-state index in [4.69, 9.17) is 10.5 Å². The fourth-order valence-corrected chi connectivity index (χ4v) is 2.84. The van der Waals surface area contributed by atoms with E-state index in [1.54, 1.807) is 7.11 Å². The summed E-state index contributed by atoms with van der Waals surface area (Å²) in [5, 5.41) is 0. The molecule has 0 bridgehead atoms. The molecule has 2 N–H and O–H groups in total. The Balaban J connectivity index is 1.91. The van der Waals surface area contributed by atoms with Crippen molar-refractivity contribution in [2.75, 3.05) is 38.2 Å². The second kappa shape index (κ2) is 7.49. The van der Waals surface area contributed by atoms with Gasteiger partial charge in [-0.1, -0.05) is 19.9 Å². The topological polar surface area (TPSA) is 58.8 Å². The molecule has 1 aromatic rings. The van der Waals surface area contributed by atoms with Gasteiger partial charge in [0.25, 0.3) is 0 Å². The molecule has 0 radical (unpaired) electrons. The summed E-state index contributed by atoms with van der Waals surface area (Å²) >= 11 is 0. The molecule has 1 fully saturated rings. The van der Waals surface area contributed by atoms with Gasteiger partial charge in [0.2, 0.25) is 5.91 Å². The number of benzene rings is 1. The Kier molecular flexibility index (Phi) is 5.66. The quantitative estimate of drug-likeness (QED) is 0.900. The van der Waals surface area contributed by atoms with E-state index in [2.05, 4.69) is 24.8 Å². The van der Waals surface area contributed by atoms with Crippen molar-refractivity contribution >= 4 is 11.6 Å². The standard InChI is InChI=1S/C17H27N3O2/c1-13(2)11-16(18)17(21)20-9-7-19(8-10-20)14-5-4-6-15(12-14)22-3/h4-6,12-13,16H,7-11,18H2,1-3H3/t16-/m0/s1. The number of amides is 1. The number of anilines is 1. The van der Waals surface area contributed by atoms with Crippen LogP contribution in [0.3, 0.4) is 0 Å². The van der Waals surface area contributed by atoms with Crippen LogP contribution in [0.25, 0.3) is 0 Å². The summed E-state index contributed by atoms with van der Waals surface area (Å²) < 4.78 is 5.27. The maximum atomic E-state index is 12.3. The van der Waals surface area contributed by atoms with E-state index >= 15 is 0 Å². The number of hydrogen-bond donors (Lipinski definition) is 1. The SMILES string of the molecule is COc1cccc(N2CCN(C(=O)[C@@H](N)CC(C)C)CC2)c1. The van der Waals surface area contributed by atoms with Gasteiger partial charge in [-0.3, -0.25) is 4.79 Å². The highest BCUT2D eigenvalue weighted by Crippen LogP contribution is 2.22. The third-order valence-corrected chi connectivity index (χ3v) is 4.05. The molecule has 122 valence electrons. The number of carbonyl (C=O) groups excluding carboxylic acids is 1. The lowest BCUT2D eigenvalue weighted by atomic mass is 10.0. The second-order valence-corrected chi connectivity index (χ2v) is 6.25. The van der Waals surface area contributed by atoms with Gasteiger partial charge < -0.3 is 20.3 Å². The summed E-state index contributed by atoms with van der Waals surface area (Å²) in [4.78, 5) is 16.5. The molecule has 1 aliphatic rings. The van der Waals surface area contributed by atoms with Gasteiger partial charge in [0.15, 0.2) is 0 Å². The molecule has 2 rings (SSSR count). The van der Waals surface area contributed by atoms with Gasteiger partial charge in [-0.2, -0.15) is 0 Å². The number of piperazine rings is 1. The summed E-state index contributed by atoms with van der Waals surface area (Å²) in [6.45, 7) is 7.28. The van der Waals surface area contributed by atoms with Gasteiger partial charge >= 0.3 is 0 Å². The number of nitrogens with zero attached hydrogens (tertiary/aromatic N) is 2. The smallest absolute Gasteiger partial charge is 0.239 e. The van der Waals surface area contributed by atoms with Crippen molar-refractivity contribution < 1.29 is 9.53 Å². The molecular weight excluding hydrogens is 278 g/mol. The number of ether oxygens (including phenoxy) is 1. The number of nitrogens with two attached hydrogens (primary N) is 1. The minimum absolute atomic E-state index is 0.0824. The van der Waals surface area contributed by atoms with Gasteiger partial charge in [-0.15, -0.1) is 0 Å². The molecule has 0 unspecified atom stereocenters. The largest absolute Gasteiger partial charge is 0.497 e. The molecule has 0 aliphatic carbocycles. The third-order valence-electron chi connectivity index (χ3n) is 4.05. The van der Waals surface area contributed by atoms with Crippen LogP contribution in [0.1, 0.15) is 20.3 Å². The molecule has 0 spiro atoms. The van der Waals surface area contributed by atoms with E-state index in [9.17, 15) is 4.79 Å². The number of methoxy groups -OCH3 is 1. The van der Waals surface area contributed by atoms with Crippen LogP contribution in [-0.4, -0.2) is 50.1 Å². The second-order valence-electron chi connectivity index (χ2n) is 6.25. The van der Waals surface area contributed by atoms with Crippen molar-refractivity contribution in [3.8, 4) is 5.75 Å². The average Bonchev–Trinajstić information content (AvgIpc) is 2.53. The fraction of sp³-hybridized carbons (Fsp3) is 0.588. The Morgan fingerprint density at radius 1 is 1.27 bits per heavy atom. The van der Waals surface area contributed by atoms with Gasteiger partial charge in [0, 0.05) is 37.9 Å². The zero-order valence-electron chi connectivity index (χ0n) is 13.8. The summed E-state index contributed by atoms with van der Waals surface area (Å²) in [5.74, 6) is 1.38. The first-order chi connectivity index (χ1) is 10.5. The van der Waals surface area contributed by atoms with Gasteiger partial charge in [0.1, 0.15) is 5.75 Å². The first kappa shape index (κ1) is 16.6. The Hall–Kier alpha value is -1.75. The molecule has 22 heavy (non-hydrogen) atoms. The molecular formula is C17H27N3O2. The van der Waals surface area contributed by atoms with Gasteiger partial charge in [0.05, 0.1) is 13.2 Å². The Labute approximate surface area is 133 Å². The predicted molar refractivity (Wildman–Crippen MR) is 89.2 cm³/mol. The van der Waals surface area contributed by atoms with Crippen LogP contribution in [-0.2, 0) is 4.79 Å². The molecule has 0 saturated carbocycles. The molecule has 1 aromatic carbocycles. The monoisotopic (exact) mass is 305 g/mol. The van der Waals surface area contributed by atoms with Gasteiger partial charge in [-0.05, 0) is 24.5 Å². The van der Waals surface area contributed by atoms with E-state index in [0.29, 0.717) is 5.92 Å². The first-order valence-corrected chi connectivity index (χ1v) is 7.94. The summed E-state index contributed by atoms with van der Waals surface area (Å²) in [6.07, 6.45) is 0.745. The zero-order chi connectivity index (χ0) is 16.1. The molecule has 1 atom stereocenters. The number of hydrogen-bond acceptors (Lipinski definition) is 4. The Morgan fingerprint density at radius 3 is 2.55 bits per heavy atom. The van der Waals surface area contributed by atoms with E-state index < -0.39 is 0 Å². The molecule has 1 saturated heterocycles. The molecule has 1 amide bonds. The molecule has 5 nitrogen and oxygen atoms in total. The fourth-order valence-electron chi connectivity index (χ4n) is 2.84. The lowest BCUT2D eigenvalue weighted by molar-refractivity contribution is -0.133. The van der Waals surface area contributed by atoms with Crippen molar-refractivity contribution in [2.24, 2.45) is 11.7 Å². The normalized spacial score (nSPS) is 16.8. The minimum Gasteiger partial charge on any atom is -0.497 e. The Morgan fingerprint density at radius 2 is 1.95 bits per heavy atom. The first-order valence-electron chi connectivity index (χ1n) is 7.94. The maximum absolute atomic E-state index is 12.3. The van der Waals surface area contributed by atoms with Crippen molar-refractivity contribution in [2.45, 2.75) is 26.3 Å². The highest BCUT2D eigenvalue weighted by molar-refractivity contribution is 5.82. The third kappa shape index (κ3) is 4.13. The number of carbonyl (C=O) groups is 1. The lowest BCUT2D eigenvalue weighted by Gasteiger charge is -2.37. The van der Waals surface area contributed by atoms with Crippen LogP contribution < -0.4 is 15.4 Å². The Bertz CT molecular complexity index is 496. The minimum atomic E-state index is -0.372. The summed E-state index contributed by atoms with van der Waals surface area (Å²) in [5.41, 5.74) is 7.15. The van der Waals surface area contributed by atoms with E-state index in [1.165, 1.54) is 0 Å². The van der Waals surface area contributed by atoms with Crippen molar-refractivity contribution in [3.63, 3.8) is 0 Å². The van der Waals surface area contributed by atoms with Crippen LogP contribution in [0.2, 0.25) is 0 Å². The zero-order valence-corrected chi connectivity index (χ0v) is 13.8. The summed E-state index contributed by atoms with van der Waals surface area (Å²) in [6, 6.07) is 7.66. The van der Waals surface area contributed by atoms with Crippen molar-refractivity contribution in [1.29, 1.82) is 0 Å². The molecule has 1 heterocycles. The maximum Gasteiger partial charge on any atom is 0.239 e. The van der Waals surface area contributed by atoms with Crippen LogP contribution in [0.4, 0.5) is 5.69 Å². The number of rotatable bonds is 5. The molecule has 1 aliphatic heterocycles. The molecule has 5 heteroatoms. The van der Waals surface area contributed by atoms with Gasteiger partial charge in [-0.25, -0.2) is 0 Å². The predicted octanol–water partition coefficient (Wildman–Crippen LogP) is 1.72. The van der Waals surface area contributed by atoms with Crippen LogP contribution in [0.15, 0.2) is 24.3 Å². The van der Waals surface area contributed by atoms with E-state index in [1.807, 2.05) is 23.1 Å². The molecule has 0 aromatic heterocycles. The van der Waals surface area contributed by atoms with Crippen molar-refractivity contribution in [1.82, 2.24) is 4.90 Å². The van der Waals surface area contributed by atoms with E-state index in [0.717, 1.165) is 44.0 Å².